The van der Waals surface area contributed by atoms with Crippen molar-refractivity contribution in [3.05, 3.63) is 186 Å². The lowest BCUT2D eigenvalue weighted by Crippen LogP contribution is -2.33. The van der Waals surface area contributed by atoms with Crippen molar-refractivity contribution < 1.29 is 0 Å². The van der Waals surface area contributed by atoms with Crippen molar-refractivity contribution in [1.29, 1.82) is 0 Å². The van der Waals surface area contributed by atoms with Gasteiger partial charge in [-0.15, -0.1) is 0 Å². The Hall–Kier alpha value is -5.92. The van der Waals surface area contributed by atoms with Gasteiger partial charge in [0.05, 0.1) is 11.4 Å². The summed E-state index contributed by atoms with van der Waals surface area (Å²) in [5, 5.41) is 5.00. The molecule has 0 atom stereocenters. The molecule has 1 heteroatoms. The molecule has 0 bridgehead atoms. The highest BCUT2D eigenvalue weighted by Crippen LogP contribution is 2.55. The Morgan fingerprint density at radius 2 is 0.964 bits per heavy atom. The first-order valence-corrected chi connectivity index (χ1v) is 20.3. The summed E-state index contributed by atoms with van der Waals surface area (Å²) in [6.45, 7) is 14.5. The first-order chi connectivity index (χ1) is 27.0. The van der Waals surface area contributed by atoms with Crippen LogP contribution in [0.1, 0.15) is 76.6 Å². The summed E-state index contributed by atoms with van der Waals surface area (Å²) in [5.74, 6) is 0. The van der Waals surface area contributed by atoms with E-state index < -0.39 is 0 Å². The standard InChI is InChI=1S/C55H49N/c1-53(2)31-32-54(3,4)50-33-39(27-30-48(50)53)45-34-46-44-21-11-12-23-47(44)55(5,6)49(46)35-52(45)56(51-24-14-18-37-16-8-10-20-43(37)51)40-28-25-38(26-29-40)42-22-13-17-36-15-7-9-19-41(36)42/h7-30,33-35H,31-32H2,1-6H3. The maximum absolute atomic E-state index is 2.54. The minimum absolute atomic E-state index is 0.0963. The Labute approximate surface area is 332 Å². The molecule has 10 rings (SSSR count). The SMILES string of the molecule is CC1(C)CCC(C)(C)c2cc(-c3cc4c(cc3N(c3ccc(-c5cccc6ccccc56)cc3)c3cccc5ccccc35)C(C)(C)c3ccccc3-4)ccc21. The van der Waals surface area contributed by atoms with Gasteiger partial charge in [-0.2, -0.15) is 0 Å². The second-order valence-electron chi connectivity index (χ2n) is 18.0. The maximum Gasteiger partial charge on any atom is 0.0543 e. The summed E-state index contributed by atoms with van der Waals surface area (Å²) in [4.78, 5) is 2.54. The van der Waals surface area contributed by atoms with Crippen LogP contribution in [0.25, 0.3) is 54.9 Å². The molecule has 8 aromatic carbocycles. The van der Waals surface area contributed by atoms with E-state index in [0.29, 0.717) is 0 Å². The summed E-state index contributed by atoms with van der Waals surface area (Å²) >= 11 is 0. The van der Waals surface area contributed by atoms with E-state index in [-0.39, 0.29) is 16.2 Å². The molecule has 0 amide bonds. The second kappa shape index (κ2) is 12.6. The van der Waals surface area contributed by atoms with Crippen LogP contribution in [0.15, 0.2) is 164 Å². The number of nitrogens with zero attached hydrogens (tertiary/aromatic N) is 1. The minimum Gasteiger partial charge on any atom is -0.309 e. The van der Waals surface area contributed by atoms with Gasteiger partial charge in [-0.3, -0.25) is 0 Å². The fraction of sp³-hybridized carbons (Fsp3) is 0.200. The Balaban J connectivity index is 1.25. The number of hydrogen-bond donors (Lipinski definition) is 0. The van der Waals surface area contributed by atoms with E-state index in [0.717, 1.165) is 5.69 Å². The van der Waals surface area contributed by atoms with Crippen LogP contribution in [-0.4, -0.2) is 0 Å². The van der Waals surface area contributed by atoms with Crippen molar-refractivity contribution >= 4 is 38.6 Å². The zero-order chi connectivity index (χ0) is 38.4. The lowest BCUT2D eigenvalue weighted by molar-refractivity contribution is 0.332. The quantitative estimate of drug-likeness (QED) is 0.171. The number of benzene rings is 8. The van der Waals surface area contributed by atoms with Gasteiger partial charge >= 0.3 is 0 Å². The van der Waals surface area contributed by atoms with Gasteiger partial charge in [0.25, 0.3) is 0 Å². The molecule has 2 aliphatic rings. The molecule has 0 aliphatic heterocycles. The summed E-state index contributed by atoms with van der Waals surface area (Å²) in [6.07, 6.45) is 2.38. The Morgan fingerprint density at radius 1 is 0.375 bits per heavy atom. The Kier molecular flexibility index (Phi) is 7.75. The topological polar surface area (TPSA) is 3.24 Å². The van der Waals surface area contributed by atoms with Crippen LogP contribution in [-0.2, 0) is 16.2 Å². The van der Waals surface area contributed by atoms with Crippen molar-refractivity contribution in [2.75, 3.05) is 4.90 Å². The predicted molar refractivity (Wildman–Crippen MR) is 240 cm³/mol. The summed E-state index contributed by atoms with van der Waals surface area (Å²) in [5.41, 5.74) is 17.0. The molecule has 1 nitrogen and oxygen atoms in total. The van der Waals surface area contributed by atoms with E-state index in [9.17, 15) is 0 Å². The summed E-state index contributed by atoms with van der Waals surface area (Å²) < 4.78 is 0. The van der Waals surface area contributed by atoms with Crippen molar-refractivity contribution in [1.82, 2.24) is 0 Å². The van der Waals surface area contributed by atoms with Crippen LogP contribution in [0.4, 0.5) is 17.1 Å². The summed E-state index contributed by atoms with van der Waals surface area (Å²) in [7, 11) is 0. The molecular weight excluding hydrogens is 675 g/mol. The smallest absolute Gasteiger partial charge is 0.0543 e. The lowest BCUT2D eigenvalue weighted by Gasteiger charge is -2.42. The van der Waals surface area contributed by atoms with Crippen LogP contribution >= 0.6 is 0 Å². The fourth-order valence-corrected chi connectivity index (χ4v) is 9.99. The molecule has 0 heterocycles. The third kappa shape index (κ3) is 5.35. The number of fused-ring (bicyclic) bond motifs is 6. The van der Waals surface area contributed by atoms with Gasteiger partial charge in [0.2, 0.25) is 0 Å². The first-order valence-electron chi connectivity index (χ1n) is 20.3. The van der Waals surface area contributed by atoms with Crippen LogP contribution in [0.3, 0.4) is 0 Å². The molecule has 274 valence electrons. The normalized spacial score (nSPS) is 16.0. The molecule has 0 N–H and O–H groups in total. The van der Waals surface area contributed by atoms with Crippen molar-refractivity contribution in [3.63, 3.8) is 0 Å². The lowest BCUT2D eigenvalue weighted by atomic mass is 9.63. The highest BCUT2D eigenvalue weighted by molar-refractivity contribution is 6.03. The largest absolute Gasteiger partial charge is 0.309 e. The van der Waals surface area contributed by atoms with Gasteiger partial charge in [0, 0.05) is 22.1 Å². The maximum atomic E-state index is 2.54. The van der Waals surface area contributed by atoms with E-state index in [2.05, 4.69) is 210 Å². The van der Waals surface area contributed by atoms with Crippen molar-refractivity contribution in [3.8, 4) is 33.4 Å². The average Bonchev–Trinajstić information content (AvgIpc) is 3.44. The summed E-state index contributed by atoms with van der Waals surface area (Å²) in [6, 6.07) is 61.6. The van der Waals surface area contributed by atoms with E-state index in [1.54, 1.807) is 0 Å². The van der Waals surface area contributed by atoms with Crippen LogP contribution in [0.5, 0.6) is 0 Å². The molecule has 0 aromatic heterocycles. The van der Waals surface area contributed by atoms with Gasteiger partial charge in [-0.05, 0) is 120 Å². The third-order valence-electron chi connectivity index (χ3n) is 13.3. The average molecular weight is 724 g/mol. The molecule has 0 saturated heterocycles. The highest BCUT2D eigenvalue weighted by Gasteiger charge is 2.39. The second-order valence-corrected chi connectivity index (χ2v) is 18.0. The van der Waals surface area contributed by atoms with E-state index in [1.165, 1.54) is 101 Å². The Morgan fingerprint density at radius 3 is 1.73 bits per heavy atom. The first kappa shape index (κ1) is 34.6. The monoisotopic (exact) mass is 723 g/mol. The van der Waals surface area contributed by atoms with E-state index in [4.69, 9.17) is 0 Å². The van der Waals surface area contributed by atoms with E-state index >= 15 is 0 Å². The number of anilines is 3. The van der Waals surface area contributed by atoms with Crippen molar-refractivity contribution in [2.45, 2.75) is 70.6 Å². The molecule has 2 aliphatic carbocycles. The molecule has 0 radical (unpaired) electrons. The number of hydrogen-bond acceptors (Lipinski definition) is 1. The van der Waals surface area contributed by atoms with Gasteiger partial charge < -0.3 is 4.90 Å². The van der Waals surface area contributed by atoms with E-state index in [1.807, 2.05) is 0 Å². The molecule has 0 unspecified atom stereocenters. The highest BCUT2D eigenvalue weighted by atomic mass is 15.1. The molecular formula is C55H49N. The molecule has 0 saturated carbocycles. The van der Waals surface area contributed by atoms with Gasteiger partial charge in [0.15, 0.2) is 0 Å². The predicted octanol–water partition coefficient (Wildman–Crippen LogP) is 15.5. The van der Waals surface area contributed by atoms with Gasteiger partial charge in [-0.25, -0.2) is 0 Å². The van der Waals surface area contributed by atoms with Crippen molar-refractivity contribution in [2.24, 2.45) is 0 Å². The minimum atomic E-state index is -0.149. The van der Waals surface area contributed by atoms with Crippen LogP contribution in [0, 0.1) is 0 Å². The molecule has 0 fully saturated rings. The zero-order valence-electron chi connectivity index (χ0n) is 33.4. The third-order valence-corrected chi connectivity index (χ3v) is 13.3. The molecule has 0 spiro atoms. The molecule has 56 heavy (non-hydrogen) atoms. The number of rotatable bonds is 5. The van der Waals surface area contributed by atoms with Gasteiger partial charge in [0.1, 0.15) is 0 Å². The van der Waals surface area contributed by atoms with Crippen LogP contribution < -0.4 is 4.90 Å². The molecule has 8 aromatic rings. The van der Waals surface area contributed by atoms with Gasteiger partial charge in [-0.1, -0.05) is 175 Å². The Bertz CT molecular complexity index is 2820. The zero-order valence-corrected chi connectivity index (χ0v) is 33.4. The fourth-order valence-electron chi connectivity index (χ4n) is 9.99. The van der Waals surface area contributed by atoms with Crippen LogP contribution in [0.2, 0.25) is 0 Å².